The minimum Gasteiger partial charge on any atom is -0.295 e. The van der Waals surface area contributed by atoms with Gasteiger partial charge in [0.05, 0.1) is 5.41 Å². The van der Waals surface area contributed by atoms with E-state index in [0.717, 1.165) is 27.1 Å². The van der Waals surface area contributed by atoms with Crippen LogP contribution < -0.4 is 0 Å². The van der Waals surface area contributed by atoms with Gasteiger partial charge in [0.2, 0.25) is 0 Å². The predicted molar refractivity (Wildman–Crippen MR) is 102 cm³/mol. The maximum Gasteiger partial charge on any atom is 0.167 e. The van der Waals surface area contributed by atoms with Gasteiger partial charge in [0, 0.05) is 6.42 Å². The minimum atomic E-state index is -0.852. The summed E-state index contributed by atoms with van der Waals surface area (Å²) in [6.07, 6.45) is 5.21. The van der Waals surface area contributed by atoms with Crippen LogP contribution in [0.5, 0.6) is 0 Å². The average molecular weight is 326 g/mol. The van der Waals surface area contributed by atoms with Crippen LogP contribution in [0.1, 0.15) is 18.4 Å². The normalized spacial score (nSPS) is 20.3. The zero-order chi connectivity index (χ0) is 17.4. The lowest BCUT2D eigenvalue weighted by Gasteiger charge is -2.33. The molecule has 0 aromatic heterocycles. The molecule has 0 bridgehead atoms. The van der Waals surface area contributed by atoms with Gasteiger partial charge in [0.15, 0.2) is 11.6 Å². The van der Waals surface area contributed by atoms with Crippen LogP contribution in [0, 0.1) is 0 Å². The van der Waals surface area contributed by atoms with E-state index in [1.165, 1.54) is 12.2 Å². The first-order valence-electron chi connectivity index (χ1n) is 8.42. The summed E-state index contributed by atoms with van der Waals surface area (Å²) in [5.41, 5.74) is 0.0635. The number of ketones is 2. The molecule has 0 fully saturated rings. The number of allylic oxidation sites excluding steroid dienone is 3. The second-order valence-corrected chi connectivity index (χ2v) is 6.64. The van der Waals surface area contributed by atoms with E-state index in [4.69, 9.17) is 0 Å². The first-order chi connectivity index (χ1) is 12.1. The smallest absolute Gasteiger partial charge is 0.167 e. The fourth-order valence-electron chi connectivity index (χ4n) is 3.91. The van der Waals surface area contributed by atoms with Gasteiger partial charge in [-0.2, -0.15) is 0 Å². The zero-order valence-corrected chi connectivity index (χ0v) is 13.9. The van der Waals surface area contributed by atoms with Crippen molar-refractivity contribution in [1.29, 1.82) is 0 Å². The first kappa shape index (κ1) is 15.5. The Morgan fingerprint density at radius 1 is 0.920 bits per heavy atom. The van der Waals surface area contributed by atoms with Crippen molar-refractivity contribution in [3.63, 3.8) is 0 Å². The molecule has 0 radical (unpaired) electrons. The highest BCUT2D eigenvalue weighted by molar-refractivity contribution is 6.13. The van der Waals surface area contributed by atoms with Crippen LogP contribution in [-0.4, -0.2) is 11.6 Å². The molecule has 3 aromatic rings. The number of rotatable bonds is 3. The maximum absolute atomic E-state index is 12.9. The summed E-state index contributed by atoms with van der Waals surface area (Å²) >= 11 is 0. The monoisotopic (exact) mass is 326 g/mol. The summed E-state index contributed by atoms with van der Waals surface area (Å²) in [7, 11) is 0. The molecule has 0 spiro atoms. The van der Waals surface area contributed by atoms with E-state index in [1.807, 2.05) is 24.3 Å². The number of carbonyl (C=O) groups is 2. The molecule has 3 aromatic carbocycles. The van der Waals surface area contributed by atoms with Gasteiger partial charge < -0.3 is 0 Å². The SMILES string of the molecule is C=CCC1(c2cccc3cc4ccccc4cc23)CC(=O)C=CC1=O. The van der Waals surface area contributed by atoms with Crippen LogP contribution in [0.4, 0.5) is 0 Å². The molecule has 0 saturated heterocycles. The summed E-state index contributed by atoms with van der Waals surface area (Å²) in [5.74, 6) is -0.0353. The number of hydrogen-bond donors (Lipinski definition) is 0. The Balaban J connectivity index is 2.05. The van der Waals surface area contributed by atoms with Gasteiger partial charge in [0.1, 0.15) is 0 Å². The van der Waals surface area contributed by atoms with Crippen molar-refractivity contribution in [2.75, 3.05) is 0 Å². The Morgan fingerprint density at radius 2 is 1.64 bits per heavy atom. The number of fused-ring (bicyclic) bond motifs is 2. The maximum atomic E-state index is 12.9. The summed E-state index contributed by atoms with van der Waals surface area (Å²) in [5, 5.41) is 4.39. The fourth-order valence-corrected chi connectivity index (χ4v) is 3.91. The van der Waals surface area contributed by atoms with Crippen LogP contribution >= 0.6 is 0 Å². The van der Waals surface area contributed by atoms with Gasteiger partial charge in [-0.3, -0.25) is 9.59 Å². The molecule has 2 nitrogen and oxygen atoms in total. The van der Waals surface area contributed by atoms with Crippen LogP contribution in [0.15, 0.2) is 79.4 Å². The third-order valence-electron chi connectivity index (χ3n) is 5.12. The van der Waals surface area contributed by atoms with Crippen molar-refractivity contribution >= 4 is 33.1 Å². The van der Waals surface area contributed by atoms with Gasteiger partial charge in [-0.15, -0.1) is 6.58 Å². The highest BCUT2D eigenvalue weighted by atomic mass is 16.1. The molecule has 0 saturated carbocycles. The van der Waals surface area contributed by atoms with Crippen LogP contribution in [-0.2, 0) is 15.0 Å². The average Bonchev–Trinajstić information content (AvgIpc) is 2.62. The lowest BCUT2D eigenvalue weighted by molar-refractivity contribution is -0.126. The molecule has 2 heteroatoms. The van der Waals surface area contributed by atoms with Gasteiger partial charge in [-0.1, -0.05) is 48.5 Å². The molecule has 1 unspecified atom stereocenters. The Hall–Kier alpha value is -3.00. The molecule has 122 valence electrons. The Labute approximate surface area is 146 Å². The van der Waals surface area contributed by atoms with E-state index in [-0.39, 0.29) is 18.0 Å². The Morgan fingerprint density at radius 3 is 2.40 bits per heavy atom. The molecule has 1 aliphatic rings. The van der Waals surface area contributed by atoms with Gasteiger partial charge in [0.25, 0.3) is 0 Å². The summed E-state index contributed by atoms with van der Waals surface area (Å²) in [4.78, 5) is 25.0. The summed E-state index contributed by atoms with van der Waals surface area (Å²) < 4.78 is 0. The second-order valence-electron chi connectivity index (χ2n) is 6.64. The van der Waals surface area contributed by atoms with Crippen LogP contribution in [0.2, 0.25) is 0 Å². The van der Waals surface area contributed by atoms with Crippen molar-refractivity contribution in [2.45, 2.75) is 18.3 Å². The fraction of sp³-hybridized carbons (Fsp3) is 0.130. The summed E-state index contributed by atoms with van der Waals surface area (Å²) in [6.45, 7) is 3.83. The van der Waals surface area contributed by atoms with E-state index in [2.05, 4.69) is 36.9 Å². The summed E-state index contributed by atoms with van der Waals surface area (Å²) in [6, 6.07) is 18.4. The molecule has 0 N–H and O–H groups in total. The molecule has 0 heterocycles. The molecule has 0 aliphatic heterocycles. The molecule has 4 rings (SSSR count). The molecule has 1 atom stereocenters. The third-order valence-corrected chi connectivity index (χ3v) is 5.12. The number of carbonyl (C=O) groups excluding carboxylic acids is 2. The topological polar surface area (TPSA) is 34.1 Å². The number of hydrogen-bond acceptors (Lipinski definition) is 2. The molecule has 25 heavy (non-hydrogen) atoms. The van der Waals surface area contributed by atoms with Crippen molar-refractivity contribution in [3.05, 3.63) is 85.0 Å². The lowest BCUT2D eigenvalue weighted by atomic mass is 9.67. The van der Waals surface area contributed by atoms with Crippen LogP contribution in [0.3, 0.4) is 0 Å². The van der Waals surface area contributed by atoms with Gasteiger partial charge in [-0.05, 0) is 57.8 Å². The van der Waals surface area contributed by atoms with E-state index in [9.17, 15) is 9.59 Å². The zero-order valence-electron chi connectivity index (χ0n) is 13.9. The minimum absolute atomic E-state index is 0.0146. The standard InChI is InChI=1S/C23H18O2/c1-2-12-23(15-19(24)10-11-22(23)25)21-9-5-8-18-13-16-6-3-4-7-17(16)14-20(18)21/h2-11,13-14H,1,12,15H2. The van der Waals surface area contributed by atoms with E-state index >= 15 is 0 Å². The molecule has 0 amide bonds. The highest BCUT2D eigenvalue weighted by Crippen LogP contribution is 2.41. The Kier molecular flexibility index (Phi) is 3.61. The molecular weight excluding hydrogens is 308 g/mol. The third kappa shape index (κ3) is 2.42. The van der Waals surface area contributed by atoms with Crippen molar-refractivity contribution in [1.82, 2.24) is 0 Å². The molecule has 1 aliphatic carbocycles. The second kappa shape index (κ2) is 5.82. The van der Waals surface area contributed by atoms with Crippen LogP contribution in [0.25, 0.3) is 21.5 Å². The molecular formula is C23H18O2. The van der Waals surface area contributed by atoms with E-state index in [1.54, 1.807) is 6.08 Å². The van der Waals surface area contributed by atoms with Gasteiger partial charge >= 0.3 is 0 Å². The van der Waals surface area contributed by atoms with Crippen molar-refractivity contribution < 1.29 is 9.59 Å². The largest absolute Gasteiger partial charge is 0.295 e. The Bertz CT molecular complexity index is 1060. The lowest BCUT2D eigenvalue weighted by Crippen LogP contribution is -2.39. The van der Waals surface area contributed by atoms with E-state index in [0.29, 0.717) is 6.42 Å². The van der Waals surface area contributed by atoms with Crippen molar-refractivity contribution in [3.8, 4) is 0 Å². The first-order valence-corrected chi connectivity index (χ1v) is 8.42. The number of benzene rings is 3. The van der Waals surface area contributed by atoms with E-state index < -0.39 is 5.41 Å². The predicted octanol–water partition coefficient (Wildman–Crippen LogP) is 4.91. The van der Waals surface area contributed by atoms with Crippen molar-refractivity contribution in [2.24, 2.45) is 0 Å². The quantitative estimate of drug-likeness (QED) is 0.506. The highest BCUT2D eigenvalue weighted by Gasteiger charge is 2.42. The van der Waals surface area contributed by atoms with Gasteiger partial charge in [-0.25, -0.2) is 0 Å².